The van der Waals surface area contributed by atoms with Crippen LogP contribution in [0, 0.1) is 12.8 Å². The van der Waals surface area contributed by atoms with Crippen molar-refractivity contribution in [3.63, 3.8) is 0 Å². The van der Waals surface area contributed by atoms with Gasteiger partial charge in [-0.2, -0.15) is 0 Å². The van der Waals surface area contributed by atoms with Gasteiger partial charge in [-0.25, -0.2) is 4.98 Å². The second-order valence-electron chi connectivity index (χ2n) is 4.11. The molecule has 1 aromatic rings. The molecule has 1 aromatic heterocycles. The maximum Gasteiger partial charge on any atom is 0.0965 e. The van der Waals surface area contributed by atoms with E-state index in [4.69, 9.17) is 5.73 Å². The van der Waals surface area contributed by atoms with Crippen molar-refractivity contribution in [2.24, 2.45) is 11.7 Å². The van der Waals surface area contributed by atoms with Gasteiger partial charge in [0.15, 0.2) is 0 Å². The van der Waals surface area contributed by atoms with E-state index in [2.05, 4.69) is 18.8 Å². The molecule has 0 aromatic carbocycles. The van der Waals surface area contributed by atoms with Gasteiger partial charge >= 0.3 is 0 Å². The standard InChI is InChI=1S/C10H16N2S/c1-5-4-8(5)10-12-7(3)9(13-10)6(2)11/h5-6,8H,4,11H2,1-3H3. The van der Waals surface area contributed by atoms with Crippen LogP contribution >= 0.6 is 11.3 Å². The number of aryl methyl sites for hydroxylation is 1. The Kier molecular flexibility index (Phi) is 2.16. The van der Waals surface area contributed by atoms with E-state index >= 15 is 0 Å². The van der Waals surface area contributed by atoms with E-state index in [1.54, 1.807) is 11.3 Å². The third-order valence-corrected chi connectivity index (χ3v) is 4.18. The predicted molar refractivity (Wildman–Crippen MR) is 56.0 cm³/mol. The molecule has 72 valence electrons. The largest absolute Gasteiger partial charge is 0.323 e. The number of nitrogens with two attached hydrogens (primary N) is 1. The summed E-state index contributed by atoms with van der Waals surface area (Å²) >= 11 is 1.81. The first-order chi connectivity index (χ1) is 6.09. The molecule has 1 heterocycles. The van der Waals surface area contributed by atoms with Crippen LogP contribution < -0.4 is 5.73 Å². The maximum absolute atomic E-state index is 5.85. The van der Waals surface area contributed by atoms with Crippen molar-refractivity contribution < 1.29 is 0 Å². The average Bonchev–Trinajstić information content (AvgIpc) is 2.61. The van der Waals surface area contributed by atoms with Gasteiger partial charge in [-0.1, -0.05) is 6.92 Å². The number of rotatable bonds is 2. The molecular weight excluding hydrogens is 180 g/mol. The van der Waals surface area contributed by atoms with E-state index in [0.717, 1.165) is 17.5 Å². The molecule has 1 saturated carbocycles. The molecule has 2 rings (SSSR count). The second kappa shape index (κ2) is 3.07. The van der Waals surface area contributed by atoms with Gasteiger partial charge in [0.1, 0.15) is 0 Å². The lowest BCUT2D eigenvalue weighted by atomic mass is 10.2. The van der Waals surface area contributed by atoms with Crippen molar-refractivity contribution in [3.8, 4) is 0 Å². The van der Waals surface area contributed by atoms with Crippen LogP contribution in [-0.4, -0.2) is 4.98 Å². The summed E-state index contributed by atoms with van der Waals surface area (Å²) in [5.74, 6) is 1.57. The molecule has 1 aliphatic carbocycles. The molecule has 3 heteroatoms. The molecule has 0 aliphatic heterocycles. The molecule has 2 N–H and O–H groups in total. The third-order valence-electron chi connectivity index (χ3n) is 2.69. The first-order valence-corrected chi connectivity index (χ1v) is 5.64. The summed E-state index contributed by atoms with van der Waals surface area (Å²) in [6.45, 7) is 6.37. The Morgan fingerprint density at radius 1 is 1.62 bits per heavy atom. The lowest BCUT2D eigenvalue weighted by Crippen LogP contribution is -2.03. The zero-order valence-electron chi connectivity index (χ0n) is 8.37. The van der Waals surface area contributed by atoms with Crippen LogP contribution in [-0.2, 0) is 0 Å². The topological polar surface area (TPSA) is 38.9 Å². The fourth-order valence-electron chi connectivity index (χ4n) is 1.68. The number of aromatic nitrogens is 1. The van der Waals surface area contributed by atoms with E-state index in [0.29, 0.717) is 0 Å². The normalized spacial score (nSPS) is 28.9. The number of thiazole rings is 1. The van der Waals surface area contributed by atoms with E-state index in [1.807, 2.05) is 6.92 Å². The highest BCUT2D eigenvalue weighted by Gasteiger charge is 2.37. The van der Waals surface area contributed by atoms with Gasteiger partial charge < -0.3 is 5.73 Å². The Morgan fingerprint density at radius 2 is 2.23 bits per heavy atom. The van der Waals surface area contributed by atoms with Crippen LogP contribution in [0.3, 0.4) is 0 Å². The third kappa shape index (κ3) is 1.63. The van der Waals surface area contributed by atoms with Crippen molar-refractivity contribution in [2.75, 3.05) is 0 Å². The van der Waals surface area contributed by atoms with Gasteiger partial charge in [-0.3, -0.25) is 0 Å². The van der Waals surface area contributed by atoms with Crippen molar-refractivity contribution in [1.82, 2.24) is 4.98 Å². The van der Waals surface area contributed by atoms with E-state index in [-0.39, 0.29) is 6.04 Å². The van der Waals surface area contributed by atoms with Crippen molar-refractivity contribution in [2.45, 2.75) is 39.2 Å². The van der Waals surface area contributed by atoms with Gasteiger partial charge in [0.25, 0.3) is 0 Å². The van der Waals surface area contributed by atoms with E-state index < -0.39 is 0 Å². The molecule has 3 atom stereocenters. The van der Waals surface area contributed by atoms with Crippen molar-refractivity contribution in [3.05, 3.63) is 15.6 Å². The molecular formula is C10H16N2S. The van der Waals surface area contributed by atoms with Crippen LogP contribution in [0.5, 0.6) is 0 Å². The van der Waals surface area contributed by atoms with Crippen molar-refractivity contribution in [1.29, 1.82) is 0 Å². The molecule has 13 heavy (non-hydrogen) atoms. The monoisotopic (exact) mass is 196 g/mol. The second-order valence-corrected chi connectivity index (χ2v) is 5.17. The molecule has 0 bridgehead atoms. The molecule has 2 nitrogen and oxygen atoms in total. The van der Waals surface area contributed by atoms with Crippen LogP contribution in [0.2, 0.25) is 0 Å². The molecule has 1 fully saturated rings. The zero-order valence-corrected chi connectivity index (χ0v) is 9.19. The summed E-state index contributed by atoms with van der Waals surface area (Å²) in [7, 11) is 0. The average molecular weight is 196 g/mol. The Labute approximate surface area is 83.2 Å². The summed E-state index contributed by atoms with van der Waals surface area (Å²) in [5, 5.41) is 1.30. The summed E-state index contributed by atoms with van der Waals surface area (Å²) < 4.78 is 0. The molecule has 0 saturated heterocycles. The maximum atomic E-state index is 5.85. The summed E-state index contributed by atoms with van der Waals surface area (Å²) in [6.07, 6.45) is 1.31. The number of hydrogen-bond donors (Lipinski definition) is 1. The zero-order chi connectivity index (χ0) is 9.59. The van der Waals surface area contributed by atoms with Crippen molar-refractivity contribution >= 4 is 11.3 Å². The van der Waals surface area contributed by atoms with Crippen LogP contribution in [0.1, 0.15) is 47.8 Å². The molecule has 3 unspecified atom stereocenters. The highest BCUT2D eigenvalue weighted by Crippen LogP contribution is 2.48. The first-order valence-electron chi connectivity index (χ1n) is 4.82. The molecule has 1 aliphatic rings. The summed E-state index contributed by atoms with van der Waals surface area (Å²) in [6, 6.07) is 0.139. The lowest BCUT2D eigenvalue weighted by molar-refractivity contribution is 0.823. The number of nitrogens with zero attached hydrogens (tertiary/aromatic N) is 1. The van der Waals surface area contributed by atoms with Crippen LogP contribution in [0.4, 0.5) is 0 Å². The quantitative estimate of drug-likeness (QED) is 0.789. The lowest BCUT2D eigenvalue weighted by Gasteiger charge is -1.99. The summed E-state index contributed by atoms with van der Waals surface area (Å²) in [4.78, 5) is 5.84. The minimum Gasteiger partial charge on any atom is -0.323 e. The SMILES string of the molecule is Cc1nc(C2CC2C)sc1C(C)N. The molecule has 0 amide bonds. The minimum absolute atomic E-state index is 0.139. The highest BCUT2D eigenvalue weighted by molar-refractivity contribution is 7.12. The predicted octanol–water partition coefficient (Wildman–Crippen LogP) is 2.59. The smallest absolute Gasteiger partial charge is 0.0965 e. The Bertz CT molecular complexity index is 317. The summed E-state index contributed by atoms with van der Waals surface area (Å²) in [5.41, 5.74) is 6.99. The molecule has 0 radical (unpaired) electrons. The fraction of sp³-hybridized carbons (Fsp3) is 0.700. The molecule has 0 spiro atoms. The Morgan fingerprint density at radius 3 is 2.62 bits per heavy atom. The van der Waals surface area contributed by atoms with Crippen LogP contribution in [0.15, 0.2) is 0 Å². The van der Waals surface area contributed by atoms with Gasteiger partial charge in [-0.15, -0.1) is 11.3 Å². The highest BCUT2D eigenvalue weighted by atomic mass is 32.1. The van der Waals surface area contributed by atoms with Crippen LogP contribution in [0.25, 0.3) is 0 Å². The van der Waals surface area contributed by atoms with Gasteiger partial charge in [0, 0.05) is 16.8 Å². The van der Waals surface area contributed by atoms with E-state index in [1.165, 1.54) is 16.3 Å². The van der Waals surface area contributed by atoms with Gasteiger partial charge in [-0.05, 0) is 26.2 Å². The van der Waals surface area contributed by atoms with E-state index in [9.17, 15) is 0 Å². The fourth-order valence-corrected chi connectivity index (χ4v) is 2.94. The minimum atomic E-state index is 0.139. The first kappa shape index (κ1) is 9.16. The van der Waals surface area contributed by atoms with Gasteiger partial charge in [0.2, 0.25) is 0 Å². The van der Waals surface area contributed by atoms with Gasteiger partial charge in [0.05, 0.1) is 10.7 Å². The Balaban J connectivity index is 2.25. The Hall–Kier alpha value is -0.410. The number of hydrogen-bond acceptors (Lipinski definition) is 3.